The van der Waals surface area contributed by atoms with Gasteiger partial charge >= 0.3 is 0 Å². The van der Waals surface area contributed by atoms with E-state index in [-0.39, 0.29) is 13.2 Å². The van der Waals surface area contributed by atoms with E-state index in [1.807, 2.05) is 60.8 Å². The third-order valence-corrected chi connectivity index (χ3v) is 5.35. The summed E-state index contributed by atoms with van der Waals surface area (Å²) in [4.78, 5) is 9.22. The number of anilines is 1. The molecule has 1 aromatic heterocycles. The van der Waals surface area contributed by atoms with Gasteiger partial charge in [-0.1, -0.05) is 42.5 Å². The first-order valence-corrected chi connectivity index (χ1v) is 10.7. The molecule has 6 heteroatoms. The van der Waals surface area contributed by atoms with Crippen LogP contribution >= 0.6 is 0 Å². The maximum atomic E-state index is 9.19. The Balaban J connectivity index is 1.37. The van der Waals surface area contributed by atoms with Gasteiger partial charge in [0.2, 0.25) is 0 Å². The Morgan fingerprint density at radius 3 is 2.35 bits per heavy atom. The number of rotatable bonds is 9. The molecule has 0 saturated carbocycles. The first-order chi connectivity index (χ1) is 15.3. The van der Waals surface area contributed by atoms with Gasteiger partial charge in [0.25, 0.3) is 0 Å². The molecule has 3 aromatic rings. The minimum absolute atomic E-state index is 0.0299. The second-order valence-corrected chi connectivity index (χ2v) is 7.58. The maximum Gasteiger partial charge on any atom is 0.161 e. The number of nitrogens with zero attached hydrogens (tertiary/aromatic N) is 3. The molecule has 0 atom stereocenters. The van der Waals surface area contributed by atoms with Crippen molar-refractivity contribution in [3.8, 4) is 11.5 Å². The number of piperazine rings is 1. The van der Waals surface area contributed by atoms with Crippen LogP contribution in [0.4, 0.5) is 5.82 Å². The summed E-state index contributed by atoms with van der Waals surface area (Å²) in [6.45, 7) is 5.43. The van der Waals surface area contributed by atoms with Gasteiger partial charge in [0.05, 0.1) is 6.61 Å². The molecule has 1 aliphatic rings. The van der Waals surface area contributed by atoms with Gasteiger partial charge in [-0.25, -0.2) is 4.98 Å². The summed E-state index contributed by atoms with van der Waals surface area (Å²) < 4.78 is 11.8. The minimum Gasteiger partial charge on any atom is -0.487 e. The van der Waals surface area contributed by atoms with Gasteiger partial charge < -0.3 is 19.5 Å². The van der Waals surface area contributed by atoms with Crippen LogP contribution in [-0.4, -0.2) is 54.4 Å². The quantitative estimate of drug-likeness (QED) is 0.574. The van der Waals surface area contributed by atoms with Gasteiger partial charge in [0, 0.05) is 38.9 Å². The van der Waals surface area contributed by atoms with Crippen molar-refractivity contribution in [3.05, 3.63) is 84.1 Å². The van der Waals surface area contributed by atoms with Gasteiger partial charge in [0.1, 0.15) is 19.0 Å². The van der Waals surface area contributed by atoms with Crippen LogP contribution in [0.25, 0.3) is 0 Å². The Hall–Kier alpha value is -3.09. The van der Waals surface area contributed by atoms with E-state index in [1.54, 1.807) is 0 Å². The SMILES string of the molecule is OCCOc1cc(CN2CCN(c3ccccn3)CC2)ccc1OCc1ccccc1. The van der Waals surface area contributed by atoms with E-state index >= 15 is 0 Å². The summed E-state index contributed by atoms with van der Waals surface area (Å²) in [6, 6.07) is 22.2. The van der Waals surface area contributed by atoms with Crippen LogP contribution in [0.5, 0.6) is 11.5 Å². The zero-order chi connectivity index (χ0) is 21.3. The average Bonchev–Trinajstić information content (AvgIpc) is 2.84. The van der Waals surface area contributed by atoms with Crippen molar-refractivity contribution in [2.24, 2.45) is 0 Å². The van der Waals surface area contributed by atoms with Crippen LogP contribution in [0, 0.1) is 0 Å². The standard InChI is InChI=1S/C25H29N3O3/c29-16-17-30-24-18-22(9-10-23(24)31-20-21-6-2-1-3-7-21)19-27-12-14-28(15-13-27)25-8-4-5-11-26-25/h1-11,18,29H,12-17,19-20H2. The number of ether oxygens (including phenoxy) is 2. The Bertz CT molecular complexity index is 929. The first kappa shape index (κ1) is 21.2. The molecule has 0 radical (unpaired) electrons. The number of aliphatic hydroxyl groups is 1. The zero-order valence-corrected chi connectivity index (χ0v) is 17.7. The molecule has 0 bridgehead atoms. The summed E-state index contributed by atoms with van der Waals surface area (Å²) in [5.41, 5.74) is 2.27. The van der Waals surface area contributed by atoms with E-state index in [1.165, 1.54) is 5.56 Å². The fraction of sp³-hybridized carbons (Fsp3) is 0.320. The summed E-state index contributed by atoms with van der Waals surface area (Å²) >= 11 is 0. The molecule has 31 heavy (non-hydrogen) atoms. The number of hydrogen-bond donors (Lipinski definition) is 1. The number of benzene rings is 2. The summed E-state index contributed by atoms with van der Waals surface area (Å²) in [7, 11) is 0. The number of aliphatic hydroxyl groups excluding tert-OH is 1. The van der Waals surface area contributed by atoms with E-state index in [2.05, 4.69) is 26.9 Å². The molecule has 0 aliphatic carbocycles. The van der Waals surface area contributed by atoms with Crippen LogP contribution < -0.4 is 14.4 Å². The number of hydrogen-bond acceptors (Lipinski definition) is 6. The molecule has 1 N–H and O–H groups in total. The topological polar surface area (TPSA) is 58.1 Å². The number of pyridine rings is 1. The van der Waals surface area contributed by atoms with Gasteiger partial charge in [0.15, 0.2) is 11.5 Å². The van der Waals surface area contributed by atoms with Crippen LogP contribution in [0.1, 0.15) is 11.1 Å². The normalized spacial score (nSPS) is 14.4. The second-order valence-electron chi connectivity index (χ2n) is 7.58. The van der Waals surface area contributed by atoms with Gasteiger partial charge in [-0.2, -0.15) is 0 Å². The van der Waals surface area contributed by atoms with Gasteiger partial charge in [-0.3, -0.25) is 4.90 Å². The molecule has 2 aromatic carbocycles. The van der Waals surface area contributed by atoms with Crippen molar-refractivity contribution < 1.29 is 14.6 Å². The van der Waals surface area contributed by atoms with Crippen molar-refractivity contribution in [3.63, 3.8) is 0 Å². The highest BCUT2D eigenvalue weighted by Gasteiger charge is 2.18. The third kappa shape index (κ3) is 5.96. The zero-order valence-electron chi connectivity index (χ0n) is 17.7. The maximum absolute atomic E-state index is 9.19. The van der Waals surface area contributed by atoms with Crippen LogP contribution in [0.2, 0.25) is 0 Å². The Kier molecular flexibility index (Phi) is 7.37. The summed E-state index contributed by atoms with van der Waals surface area (Å²) in [5.74, 6) is 2.41. The van der Waals surface area contributed by atoms with E-state index in [9.17, 15) is 5.11 Å². The van der Waals surface area contributed by atoms with Crippen molar-refractivity contribution in [1.29, 1.82) is 0 Å². The highest BCUT2D eigenvalue weighted by molar-refractivity contribution is 5.43. The molecule has 162 valence electrons. The van der Waals surface area contributed by atoms with Crippen molar-refractivity contribution >= 4 is 5.82 Å². The molecular weight excluding hydrogens is 390 g/mol. The molecule has 6 nitrogen and oxygen atoms in total. The molecule has 1 aliphatic heterocycles. The smallest absolute Gasteiger partial charge is 0.161 e. The van der Waals surface area contributed by atoms with Crippen molar-refractivity contribution in [1.82, 2.24) is 9.88 Å². The van der Waals surface area contributed by atoms with Crippen LogP contribution in [0.3, 0.4) is 0 Å². The molecule has 0 spiro atoms. The molecule has 0 unspecified atom stereocenters. The summed E-state index contributed by atoms with van der Waals surface area (Å²) in [6.07, 6.45) is 1.84. The molecule has 4 rings (SSSR count). The lowest BCUT2D eigenvalue weighted by Gasteiger charge is -2.35. The van der Waals surface area contributed by atoms with Gasteiger partial charge in [-0.15, -0.1) is 0 Å². The van der Waals surface area contributed by atoms with E-state index in [0.717, 1.165) is 44.1 Å². The lowest BCUT2D eigenvalue weighted by atomic mass is 10.1. The average molecular weight is 420 g/mol. The predicted octanol–water partition coefficient (Wildman–Crippen LogP) is 3.35. The largest absolute Gasteiger partial charge is 0.487 e. The lowest BCUT2D eigenvalue weighted by Crippen LogP contribution is -2.46. The molecule has 1 saturated heterocycles. The molecule has 0 amide bonds. The molecule has 2 heterocycles. The monoisotopic (exact) mass is 419 g/mol. The van der Waals surface area contributed by atoms with E-state index < -0.39 is 0 Å². The fourth-order valence-electron chi connectivity index (χ4n) is 3.71. The Morgan fingerprint density at radius 1 is 0.806 bits per heavy atom. The van der Waals surface area contributed by atoms with Crippen LogP contribution in [0.15, 0.2) is 72.9 Å². The highest BCUT2D eigenvalue weighted by atomic mass is 16.5. The predicted molar refractivity (Wildman–Crippen MR) is 122 cm³/mol. The Morgan fingerprint density at radius 2 is 1.61 bits per heavy atom. The van der Waals surface area contributed by atoms with E-state index in [0.29, 0.717) is 18.1 Å². The lowest BCUT2D eigenvalue weighted by molar-refractivity contribution is 0.191. The second kappa shape index (κ2) is 10.8. The third-order valence-electron chi connectivity index (χ3n) is 5.35. The molecular formula is C25H29N3O3. The molecule has 1 fully saturated rings. The van der Waals surface area contributed by atoms with Crippen molar-refractivity contribution in [2.75, 3.05) is 44.3 Å². The highest BCUT2D eigenvalue weighted by Crippen LogP contribution is 2.30. The number of aromatic nitrogens is 1. The van der Waals surface area contributed by atoms with E-state index in [4.69, 9.17) is 9.47 Å². The first-order valence-electron chi connectivity index (χ1n) is 10.7. The van der Waals surface area contributed by atoms with Crippen LogP contribution in [-0.2, 0) is 13.2 Å². The van der Waals surface area contributed by atoms with Crippen molar-refractivity contribution in [2.45, 2.75) is 13.2 Å². The Labute approximate surface area is 183 Å². The minimum atomic E-state index is -0.0299. The van der Waals surface area contributed by atoms with Gasteiger partial charge in [-0.05, 0) is 35.4 Å². The fourth-order valence-corrected chi connectivity index (χ4v) is 3.71. The summed E-state index contributed by atoms with van der Waals surface area (Å²) in [5, 5.41) is 9.19.